The van der Waals surface area contributed by atoms with E-state index >= 15 is 0 Å². The zero-order valence-electron chi connectivity index (χ0n) is 8.05. The predicted molar refractivity (Wildman–Crippen MR) is 72.2 cm³/mol. The third-order valence-electron chi connectivity index (χ3n) is 2.42. The monoisotopic (exact) mass is 235 g/mol. The number of pyridine rings is 1. The molecule has 74 valence electrons. The second-order valence-corrected chi connectivity index (χ2v) is 4.31. The molecule has 2 heterocycles. The third kappa shape index (κ3) is 2.06. The maximum Gasteiger partial charge on any atom is 0.0788 e. The van der Waals surface area contributed by atoms with Crippen LogP contribution in [0.3, 0.4) is 0 Å². The van der Waals surface area contributed by atoms with Gasteiger partial charge in [0.1, 0.15) is 0 Å². The first-order chi connectivity index (χ1) is 7.45. The molecule has 0 spiro atoms. The van der Waals surface area contributed by atoms with E-state index in [1.807, 2.05) is 12.3 Å². The predicted octanol–water partition coefficient (Wildman–Crippen LogP) is 3.31. The van der Waals surface area contributed by atoms with E-state index < -0.39 is 0 Å². The summed E-state index contributed by atoms with van der Waals surface area (Å²) >= 11 is 1.75. The van der Waals surface area contributed by atoms with Gasteiger partial charge in [0, 0.05) is 22.0 Å². The minimum Gasteiger partial charge on any atom is -0.256 e. The van der Waals surface area contributed by atoms with Crippen LogP contribution in [0.2, 0.25) is 0 Å². The second-order valence-electron chi connectivity index (χ2n) is 3.36. The van der Waals surface area contributed by atoms with Crippen molar-refractivity contribution < 1.29 is 0 Å². The average molecular weight is 235 g/mol. The molecule has 0 aliphatic rings. The average Bonchev–Trinajstić information content (AvgIpc) is 2.82. The van der Waals surface area contributed by atoms with E-state index in [0.717, 1.165) is 5.52 Å². The van der Waals surface area contributed by atoms with Gasteiger partial charge < -0.3 is 0 Å². The molecular weight excluding hydrogens is 225 g/mol. The standard InChI is InChI=1S/C13H9NS.Na.H/c1-4-10-5-2-8-14-13(10)11(6-1)12-7-3-9-15-12;;/h1-9H;;. The molecule has 1 aromatic carbocycles. The van der Waals surface area contributed by atoms with Gasteiger partial charge in [-0.25, -0.2) is 0 Å². The molecule has 0 saturated carbocycles. The van der Waals surface area contributed by atoms with Crippen LogP contribution in [0.4, 0.5) is 0 Å². The number of hydrogen-bond donors (Lipinski definition) is 0. The van der Waals surface area contributed by atoms with Crippen molar-refractivity contribution in [1.29, 1.82) is 0 Å². The van der Waals surface area contributed by atoms with Crippen LogP contribution in [0.5, 0.6) is 0 Å². The molecule has 0 saturated heterocycles. The Bertz CT molecular complexity index is 584. The first-order valence-corrected chi connectivity index (χ1v) is 5.71. The zero-order chi connectivity index (χ0) is 10.1. The van der Waals surface area contributed by atoms with Crippen LogP contribution in [-0.4, -0.2) is 34.5 Å². The van der Waals surface area contributed by atoms with Crippen molar-refractivity contribution in [2.24, 2.45) is 0 Å². The van der Waals surface area contributed by atoms with Crippen LogP contribution < -0.4 is 0 Å². The van der Waals surface area contributed by atoms with Crippen molar-refractivity contribution in [3.63, 3.8) is 0 Å². The van der Waals surface area contributed by atoms with Crippen molar-refractivity contribution in [3.05, 3.63) is 54.0 Å². The maximum absolute atomic E-state index is 4.44. The SMILES string of the molecule is [NaH].c1csc(-c2cccc3cccnc23)c1. The number of thiophene rings is 1. The molecule has 1 nitrogen and oxygen atoms in total. The molecule has 3 heteroatoms. The van der Waals surface area contributed by atoms with Crippen LogP contribution in [0.1, 0.15) is 0 Å². The first kappa shape index (κ1) is 11.8. The summed E-state index contributed by atoms with van der Waals surface area (Å²) in [7, 11) is 0. The summed E-state index contributed by atoms with van der Waals surface area (Å²) in [5, 5.41) is 3.29. The quantitative estimate of drug-likeness (QED) is 0.590. The molecule has 0 unspecified atom stereocenters. The fourth-order valence-electron chi connectivity index (χ4n) is 1.73. The Balaban J connectivity index is 0.000000963. The summed E-state index contributed by atoms with van der Waals surface area (Å²) in [5.41, 5.74) is 2.31. The minimum absolute atomic E-state index is 0. The third-order valence-corrected chi connectivity index (χ3v) is 3.32. The van der Waals surface area contributed by atoms with Gasteiger partial charge in [0.15, 0.2) is 0 Å². The molecule has 0 aliphatic carbocycles. The Morgan fingerprint density at radius 2 is 1.81 bits per heavy atom. The smallest absolute Gasteiger partial charge is 0.0788 e. The molecule has 0 atom stereocenters. The van der Waals surface area contributed by atoms with E-state index in [1.165, 1.54) is 15.8 Å². The summed E-state index contributed by atoms with van der Waals surface area (Å²) in [6.07, 6.45) is 1.85. The summed E-state index contributed by atoms with van der Waals surface area (Å²) < 4.78 is 0. The maximum atomic E-state index is 4.44. The van der Waals surface area contributed by atoms with Gasteiger partial charge >= 0.3 is 29.6 Å². The minimum atomic E-state index is 0. The van der Waals surface area contributed by atoms with Gasteiger partial charge in [0.2, 0.25) is 0 Å². The second kappa shape index (κ2) is 5.11. The van der Waals surface area contributed by atoms with Gasteiger partial charge in [-0.05, 0) is 17.5 Å². The fourth-order valence-corrected chi connectivity index (χ4v) is 2.49. The number of rotatable bonds is 1. The van der Waals surface area contributed by atoms with Gasteiger partial charge in [-0.2, -0.15) is 0 Å². The van der Waals surface area contributed by atoms with Gasteiger partial charge in [0.05, 0.1) is 5.52 Å². The van der Waals surface area contributed by atoms with Gasteiger partial charge in [0.25, 0.3) is 0 Å². The Hall–Kier alpha value is -0.670. The van der Waals surface area contributed by atoms with Crippen molar-refractivity contribution in [2.75, 3.05) is 0 Å². The van der Waals surface area contributed by atoms with Crippen LogP contribution >= 0.6 is 11.3 Å². The molecule has 0 fully saturated rings. The summed E-state index contributed by atoms with van der Waals surface area (Å²) in [6.45, 7) is 0. The topological polar surface area (TPSA) is 12.9 Å². The van der Waals surface area contributed by atoms with E-state index in [0.29, 0.717) is 0 Å². The van der Waals surface area contributed by atoms with Gasteiger partial charge in [-0.3, -0.25) is 4.98 Å². The number of aromatic nitrogens is 1. The molecule has 0 radical (unpaired) electrons. The molecule has 0 bridgehead atoms. The summed E-state index contributed by atoms with van der Waals surface area (Å²) in [6, 6.07) is 14.6. The van der Waals surface area contributed by atoms with Crippen LogP contribution in [0, 0.1) is 0 Å². The Kier molecular flexibility index (Phi) is 3.77. The van der Waals surface area contributed by atoms with Crippen molar-refractivity contribution >= 4 is 51.8 Å². The van der Waals surface area contributed by atoms with Crippen LogP contribution in [0.15, 0.2) is 54.0 Å². The number of hydrogen-bond acceptors (Lipinski definition) is 2. The van der Waals surface area contributed by atoms with Crippen molar-refractivity contribution in [2.45, 2.75) is 0 Å². The van der Waals surface area contributed by atoms with E-state index in [9.17, 15) is 0 Å². The summed E-state index contributed by atoms with van der Waals surface area (Å²) in [4.78, 5) is 5.72. The number of fused-ring (bicyclic) bond motifs is 1. The Morgan fingerprint density at radius 3 is 2.62 bits per heavy atom. The molecule has 0 amide bonds. The zero-order valence-corrected chi connectivity index (χ0v) is 8.87. The first-order valence-electron chi connectivity index (χ1n) is 4.83. The van der Waals surface area contributed by atoms with Crippen LogP contribution in [-0.2, 0) is 0 Å². The normalized spacial score (nSPS) is 10.0. The Labute approximate surface area is 120 Å². The molecule has 3 aromatic rings. The molecule has 0 aliphatic heterocycles. The molecule has 2 aromatic heterocycles. The fraction of sp³-hybridized carbons (Fsp3) is 0. The number of para-hydroxylation sites is 1. The molecule has 0 N–H and O–H groups in total. The van der Waals surface area contributed by atoms with Crippen LogP contribution in [0.25, 0.3) is 21.3 Å². The number of benzene rings is 1. The van der Waals surface area contributed by atoms with E-state index in [2.05, 4.69) is 46.8 Å². The molecule has 3 rings (SSSR count). The molecule has 16 heavy (non-hydrogen) atoms. The van der Waals surface area contributed by atoms with E-state index in [4.69, 9.17) is 0 Å². The van der Waals surface area contributed by atoms with E-state index in [1.54, 1.807) is 11.3 Å². The molecular formula is C13H10NNaS. The largest absolute Gasteiger partial charge is 0.256 e. The number of nitrogens with zero attached hydrogens (tertiary/aromatic N) is 1. The van der Waals surface area contributed by atoms with E-state index in [-0.39, 0.29) is 29.6 Å². The van der Waals surface area contributed by atoms with Crippen molar-refractivity contribution in [3.8, 4) is 10.4 Å². The Morgan fingerprint density at radius 1 is 0.938 bits per heavy atom. The van der Waals surface area contributed by atoms with Gasteiger partial charge in [-0.1, -0.05) is 30.3 Å². The van der Waals surface area contributed by atoms with Gasteiger partial charge in [-0.15, -0.1) is 11.3 Å². The van der Waals surface area contributed by atoms with Crippen molar-refractivity contribution in [1.82, 2.24) is 4.98 Å². The summed E-state index contributed by atoms with van der Waals surface area (Å²) in [5.74, 6) is 0.